The van der Waals surface area contributed by atoms with Crippen LogP contribution < -0.4 is 15.6 Å². The molecule has 0 atom stereocenters. The zero-order chi connectivity index (χ0) is 16.7. The van der Waals surface area contributed by atoms with E-state index >= 15 is 0 Å². The second kappa shape index (κ2) is 7.74. The first-order chi connectivity index (χ1) is 11.1. The Morgan fingerprint density at radius 2 is 2.00 bits per heavy atom. The zero-order valence-corrected chi connectivity index (χ0v) is 12.9. The average Bonchev–Trinajstić information content (AvgIpc) is 2.58. The Kier molecular flexibility index (Phi) is 5.46. The summed E-state index contributed by atoms with van der Waals surface area (Å²) in [6.07, 6.45) is 4.44. The van der Waals surface area contributed by atoms with Gasteiger partial charge in [0.25, 0.3) is 11.8 Å². The van der Waals surface area contributed by atoms with Crippen LogP contribution in [0.5, 0.6) is 5.75 Å². The molecule has 6 heteroatoms. The fourth-order valence-electron chi connectivity index (χ4n) is 1.87. The van der Waals surface area contributed by atoms with Gasteiger partial charge >= 0.3 is 0 Å². The second-order valence-electron chi connectivity index (χ2n) is 4.74. The summed E-state index contributed by atoms with van der Waals surface area (Å²) in [5.41, 5.74) is 6.64. The summed E-state index contributed by atoms with van der Waals surface area (Å²) in [7, 11) is 1.56. The van der Waals surface area contributed by atoms with Crippen molar-refractivity contribution in [2.24, 2.45) is 0 Å². The highest BCUT2D eigenvalue weighted by Gasteiger charge is 2.06. The number of ether oxygens (including phenoxy) is 1. The third-order valence-corrected chi connectivity index (χ3v) is 3.00. The quantitative estimate of drug-likeness (QED) is 0.667. The number of methoxy groups -OCH3 is 1. The highest BCUT2D eigenvalue weighted by Crippen LogP contribution is 2.20. The lowest BCUT2D eigenvalue weighted by Crippen LogP contribution is -2.41. The molecule has 0 saturated carbocycles. The van der Waals surface area contributed by atoms with Crippen molar-refractivity contribution in [3.8, 4) is 5.75 Å². The lowest BCUT2D eigenvalue weighted by Gasteiger charge is -2.06. The van der Waals surface area contributed by atoms with E-state index in [4.69, 9.17) is 4.74 Å². The number of hydrogen-bond donors (Lipinski definition) is 2. The maximum atomic E-state index is 11.8. The Balaban J connectivity index is 1.95. The number of pyridine rings is 1. The Bertz CT molecular complexity index is 727. The monoisotopic (exact) mass is 311 g/mol. The van der Waals surface area contributed by atoms with Gasteiger partial charge in [-0.05, 0) is 37.3 Å². The summed E-state index contributed by atoms with van der Waals surface area (Å²) in [5.74, 6) is -0.282. The smallest absolute Gasteiger partial charge is 0.288 e. The lowest BCUT2D eigenvalue weighted by molar-refractivity contribution is -0.117. The highest BCUT2D eigenvalue weighted by molar-refractivity contribution is 5.97. The molecule has 0 fully saturated rings. The van der Waals surface area contributed by atoms with Crippen molar-refractivity contribution in [1.82, 2.24) is 15.8 Å². The SMILES string of the molecule is COc1ccc(C)cc1/C=C/C(=O)NNC(=O)c1ccccn1. The number of hydrazine groups is 1. The number of carbonyl (C=O) groups is 2. The minimum Gasteiger partial charge on any atom is -0.496 e. The van der Waals surface area contributed by atoms with Crippen molar-refractivity contribution in [3.05, 3.63) is 65.5 Å². The molecular formula is C17H17N3O3. The van der Waals surface area contributed by atoms with Crippen LogP contribution in [-0.2, 0) is 4.79 Å². The average molecular weight is 311 g/mol. The summed E-state index contributed by atoms with van der Waals surface area (Å²) < 4.78 is 5.23. The van der Waals surface area contributed by atoms with Gasteiger partial charge < -0.3 is 4.74 Å². The molecule has 2 N–H and O–H groups in total. The van der Waals surface area contributed by atoms with Crippen LogP contribution in [-0.4, -0.2) is 23.9 Å². The van der Waals surface area contributed by atoms with E-state index in [0.717, 1.165) is 11.1 Å². The molecule has 2 rings (SSSR count). The Morgan fingerprint density at radius 3 is 2.70 bits per heavy atom. The maximum absolute atomic E-state index is 11.8. The van der Waals surface area contributed by atoms with Gasteiger partial charge in [0, 0.05) is 17.8 Å². The molecule has 1 aromatic heterocycles. The predicted octanol–water partition coefficient (Wildman–Crippen LogP) is 1.87. The topological polar surface area (TPSA) is 80.3 Å². The third kappa shape index (κ3) is 4.67. The van der Waals surface area contributed by atoms with Crippen LogP contribution in [0, 0.1) is 6.92 Å². The van der Waals surface area contributed by atoms with Crippen LogP contribution in [0.4, 0.5) is 0 Å². The van der Waals surface area contributed by atoms with Gasteiger partial charge in [-0.3, -0.25) is 25.4 Å². The first-order valence-electron chi connectivity index (χ1n) is 6.94. The standard InChI is InChI=1S/C17H17N3O3/c1-12-6-8-15(23-2)13(11-12)7-9-16(21)19-20-17(22)14-5-3-4-10-18-14/h3-11H,1-2H3,(H,19,21)(H,20,22)/b9-7+. The normalized spacial score (nSPS) is 10.3. The molecule has 0 radical (unpaired) electrons. The Morgan fingerprint density at radius 1 is 1.17 bits per heavy atom. The van der Waals surface area contributed by atoms with Crippen LogP contribution in [0.25, 0.3) is 6.08 Å². The van der Waals surface area contributed by atoms with Gasteiger partial charge in [0.1, 0.15) is 11.4 Å². The molecule has 23 heavy (non-hydrogen) atoms. The molecule has 0 unspecified atom stereocenters. The van der Waals surface area contributed by atoms with Crippen LogP contribution >= 0.6 is 0 Å². The van der Waals surface area contributed by atoms with Crippen LogP contribution in [0.3, 0.4) is 0 Å². The van der Waals surface area contributed by atoms with Gasteiger partial charge in [-0.2, -0.15) is 0 Å². The number of carbonyl (C=O) groups excluding carboxylic acids is 2. The van der Waals surface area contributed by atoms with E-state index < -0.39 is 11.8 Å². The van der Waals surface area contributed by atoms with E-state index in [-0.39, 0.29) is 5.69 Å². The summed E-state index contributed by atoms with van der Waals surface area (Å²) in [6.45, 7) is 1.95. The largest absolute Gasteiger partial charge is 0.496 e. The fourth-order valence-corrected chi connectivity index (χ4v) is 1.87. The molecule has 6 nitrogen and oxygen atoms in total. The molecule has 118 valence electrons. The number of nitrogens with one attached hydrogen (secondary N) is 2. The van der Waals surface area contributed by atoms with Crippen LogP contribution in [0.15, 0.2) is 48.7 Å². The van der Waals surface area contributed by atoms with Crippen molar-refractivity contribution in [2.75, 3.05) is 7.11 Å². The summed E-state index contributed by atoms with van der Waals surface area (Å²) in [6, 6.07) is 10.6. The highest BCUT2D eigenvalue weighted by atomic mass is 16.5. The first-order valence-corrected chi connectivity index (χ1v) is 6.94. The van der Waals surface area contributed by atoms with Crippen LogP contribution in [0.2, 0.25) is 0 Å². The molecule has 1 aromatic carbocycles. The summed E-state index contributed by atoms with van der Waals surface area (Å²) in [4.78, 5) is 27.4. The predicted molar refractivity (Wildman–Crippen MR) is 86.6 cm³/mol. The van der Waals surface area contributed by atoms with E-state index in [2.05, 4.69) is 15.8 Å². The molecular weight excluding hydrogens is 294 g/mol. The van der Waals surface area contributed by atoms with Gasteiger partial charge in [0.2, 0.25) is 0 Å². The summed E-state index contributed by atoms with van der Waals surface area (Å²) >= 11 is 0. The molecule has 0 spiro atoms. The minimum absolute atomic E-state index is 0.220. The zero-order valence-electron chi connectivity index (χ0n) is 12.9. The first kappa shape index (κ1) is 16.2. The lowest BCUT2D eigenvalue weighted by atomic mass is 10.1. The Labute approximate surface area is 134 Å². The maximum Gasteiger partial charge on any atom is 0.288 e. The molecule has 2 aromatic rings. The van der Waals surface area contributed by atoms with Crippen molar-refractivity contribution >= 4 is 17.9 Å². The number of aryl methyl sites for hydroxylation is 1. The van der Waals surface area contributed by atoms with Gasteiger partial charge in [-0.15, -0.1) is 0 Å². The van der Waals surface area contributed by atoms with Crippen molar-refractivity contribution in [1.29, 1.82) is 0 Å². The van der Waals surface area contributed by atoms with Crippen LogP contribution in [0.1, 0.15) is 21.6 Å². The van der Waals surface area contributed by atoms with Crippen molar-refractivity contribution in [2.45, 2.75) is 6.92 Å². The summed E-state index contributed by atoms with van der Waals surface area (Å²) in [5, 5.41) is 0. The molecule has 0 aliphatic rings. The number of amides is 2. The number of aromatic nitrogens is 1. The van der Waals surface area contributed by atoms with E-state index in [1.807, 2.05) is 25.1 Å². The molecule has 1 heterocycles. The van der Waals surface area contributed by atoms with E-state index in [0.29, 0.717) is 5.75 Å². The molecule has 2 amide bonds. The number of hydrogen-bond acceptors (Lipinski definition) is 4. The Hall–Kier alpha value is -3.15. The van der Waals surface area contributed by atoms with E-state index in [1.54, 1.807) is 31.4 Å². The second-order valence-corrected chi connectivity index (χ2v) is 4.74. The van der Waals surface area contributed by atoms with E-state index in [9.17, 15) is 9.59 Å². The number of nitrogens with zero attached hydrogens (tertiary/aromatic N) is 1. The number of rotatable bonds is 4. The van der Waals surface area contributed by atoms with Crippen molar-refractivity contribution in [3.63, 3.8) is 0 Å². The molecule has 0 saturated heterocycles. The van der Waals surface area contributed by atoms with E-state index in [1.165, 1.54) is 12.3 Å². The minimum atomic E-state index is -0.486. The fraction of sp³-hybridized carbons (Fsp3) is 0.118. The van der Waals surface area contributed by atoms with Gasteiger partial charge in [-0.25, -0.2) is 0 Å². The van der Waals surface area contributed by atoms with Gasteiger partial charge in [0.05, 0.1) is 7.11 Å². The van der Waals surface area contributed by atoms with Gasteiger partial charge in [0.15, 0.2) is 0 Å². The third-order valence-electron chi connectivity index (χ3n) is 3.00. The molecule has 0 aliphatic heterocycles. The van der Waals surface area contributed by atoms with Gasteiger partial charge in [-0.1, -0.05) is 17.7 Å². The molecule has 0 bridgehead atoms. The van der Waals surface area contributed by atoms with Crippen molar-refractivity contribution < 1.29 is 14.3 Å². The molecule has 0 aliphatic carbocycles. The number of benzene rings is 1.